The molecule has 32 heavy (non-hydrogen) atoms. The molecule has 1 aliphatic heterocycles. The molecule has 1 N–H and O–H groups in total. The van der Waals surface area contributed by atoms with Gasteiger partial charge in [0.25, 0.3) is 5.78 Å². The summed E-state index contributed by atoms with van der Waals surface area (Å²) in [5.41, 5.74) is 0.611. The molecule has 1 unspecified atom stereocenters. The molecule has 1 fully saturated rings. The van der Waals surface area contributed by atoms with Gasteiger partial charge in [0, 0.05) is 5.56 Å². The lowest BCUT2D eigenvalue weighted by Crippen LogP contribution is -2.29. The summed E-state index contributed by atoms with van der Waals surface area (Å²) >= 11 is 1.15. The van der Waals surface area contributed by atoms with Crippen LogP contribution in [0.1, 0.15) is 22.2 Å². The number of carbonyl (C=O) groups is 2. The van der Waals surface area contributed by atoms with Crippen LogP contribution in [0.5, 0.6) is 5.75 Å². The summed E-state index contributed by atoms with van der Waals surface area (Å²) < 4.78 is 19.0. The summed E-state index contributed by atoms with van der Waals surface area (Å²) in [4.78, 5) is 27.3. The minimum atomic E-state index is -0.973. The summed E-state index contributed by atoms with van der Waals surface area (Å²) in [6.45, 7) is 5.62. The maximum atomic E-state index is 13.4. The molecule has 4 rings (SSSR count). The van der Waals surface area contributed by atoms with Gasteiger partial charge in [0.15, 0.2) is 0 Å². The highest BCUT2D eigenvalue weighted by Gasteiger charge is 2.48. The first-order valence-corrected chi connectivity index (χ1v) is 10.4. The van der Waals surface area contributed by atoms with Crippen LogP contribution in [0, 0.1) is 12.7 Å². The highest BCUT2D eigenvalue weighted by atomic mass is 32.1. The van der Waals surface area contributed by atoms with Crippen molar-refractivity contribution in [1.82, 2.24) is 10.2 Å². The molecule has 1 amide bonds. The number of ketones is 1. The highest BCUT2D eigenvalue weighted by molar-refractivity contribution is 7.15. The number of aliphatic hydroxyl groups is 1. The highest BCUT2D eigenvalue weighted by Crippen LogP contribution is 2.43. The maximum Gasteiger partial charge on any atom is 0.301 e. The van der Waals surface area contributed by atoms with Gasteiger partial charge in [0.1, 0.15) is 28.9 Å². The fourth-order valence-corrected chi connectivity index (χ4v) is 4.14. The number of Topliss-reactive ketones (excluding diaryl/α,β-unsaturated/α-hetero) is 1. The molecule has 0 aliphatic carbocycles. The largest absolute Gasteiger partial charge is 0.507 e. The number of carbonyl (C=O) groups excluding carboxylic acids is 2. The summed E-state index contributed by atoms with van der Waals surface area (Å²) in [7, 11) is 0. The van der Waals surface area contributed by atoms with Crippen LogP contribution in [0.3, 0.4) is 0 Å². The van der Waals surface area contributed by atoms with Crippen LogP contribution in [0.15, 0.2) is 66.8 Å². The minimum absolute atomic E-state index is 0.129. The van der Waals surface area contributed by atoms with Crippen molar-refractivity contribution in [2.24, 2.45) is 0 Å². The average molecular weight is 451 g/mol. The first kappa shape index (κ1) is 21.4. The third-order valence-corrected chi connectivity index (χ3v) is 5.66. The number of nitrogens with zero attached hydrogens (tertiary/aromatic N) is 3. The number of amides is 1. The molecule has 0 bridgehead atoms. The van der Waals surface area contributed by atoms with E-state index in [4.69, 9.17) is 4.74 Å². The lowest BCUT2D eigenvalue weighted by atomic mass is 9.95. The summed E-state index contributed by atoms with van der Waals surface area (Å²) in [5, 5.41) is 19.8. The fourth-order valence-electron chi connectivity index (χ4n) is 3.42. The number of aryl methyl sites for hydroxylation is 1. The second-order valence-electron chi connectivity index (χ2n) is 6.95. The number of aliphatic hydroxyl groups excluding tert-OH is 1. The van der Waals surface area contributed by atoms with Crippen molar-refractivity contribution < 1.29 is 23.8 Å². The molecule has 2 heterocycles. The van der Waals surface area contributed by atoms with E-state index in [1.54, 1.807) is 37.3 Å². The standard InChI is InChI=1S/C23H18FN3O4S/c1-3-11-31-17-6-4-5-15(12-17)19-18(20(28)14-7-9-16(24)10-8-14)21(29)22(30)27(19)23-26-25-13(2)32-23/h3-10,12,19,28H,1,11H2,2H3. The van der Waals surface area contributed by atoms with Crippen molar-refractivity contribution in [3.63, 3.8) is 0 Å². The van der Waals surface area contributed by atoms with Crippen molar-refractivity contribution in [3.05, 3.63) is 88.7 Å². The van der Waals surface area contributed by atoms with Crippen LogP contribution in [-0.2, 0) is 9.59 Å². The van der Waals surface area contributed by atoms with Gasteiger partial charge in [-0.15, -0.1) is 10.2 Å². The quantitative estimate of drug-likeness (QED) is 0.262. The van der Waals surface area contributed by atoms with E-state index >= 15 is 0 Å². The summed E-state index contributed by atoms with van der Waals surface area (Å²) in [5.74, 6) is -2.11. The lowest BCUT2D eigenvalue weighted by Gasteiger charge is -2.23. The molecule has 3 aromatic rings. The van der Waals surface area contributed by atoms with Crippen molar-refractivity contribution >= 4 is 33.9 Å². The molecule has 0 spiro atoms. The fraction of sp³-hybridized carbons (Fsp3) is 0.130. The third kappa shape index (κ3) is 3.90. The van der Waals surface area contributed by atoms with E-state index in [0.717, 1.165) is 23.5 Å². The molecule has 1 saturated heterocycles. The Morgan fingerprint density at radius 3 is 2.66 bits per heavy atom. The Morgan fingerprint density at radius 2 is 2.00 bits per heavy atom. The first-order chi connectivity index (χ1) is 15.4. The summed E-state index contributed by atoms with van der Waals surface area (Å²) in [6.07, 6.45) is 1.59. The molecule has 1 aromatic heterocycles. The smallest absolute Gasteiger partial charge is 0.301 e. The van der Waals surface area contributed by atoms with Gasteiger partial charge < -0.3 is 9.84 Å². The lowest BCUT2D eigenvalue weighted by molar-refractivity contribution is -0.132. The number of aromatic nitrogens is 2. The van der Waals surface area contributed by atoms with Crippen LogP contribution in [-0.4, -0.2) is 33.6 Å². The van der Waals surface area contributed by atoms with Crippen LogP contribution >= 0.6 is 11.3 Å². The van der Waals surface area contributed by atoms with Crippen LogP contribution < -0.4 is 9.64 Å². The predicted octanol–water partition coefficient (Wildman–Crippen LogP) is 4.18. The molecule has 0 radical (unpaired) electrons. The average Bonchev–Trinajstić information content (AvgIpc) is 3.33. The first-order valence-electron chi connectivity index (χ1n) is 9.61. The Labute approximate surface area is 187 Å². The third-order valence-electron chi connectivity index (χ3n) is 4.83. The van der Waals surface area contributed by atoms with Gasteiger partial charge in [0.05, 0.1) is 11.6 Å². The van der Waals surface area contributed by atoms with Gasteiger partial charge in [-0.05, 0) is 48.9 Å². The van der Waals surface area contributed by atoms with Gasteiger partial charge in [-0.3, -0.25) is 14.5 Å². The number of benzene rings is 2. The Morgan fingerprint density at radius 1 is 1.25 bits per heavy atom. The minimum Gasteiger partial charge on any atom is -0.507 e. The second kappa shape index (κ2) is 8.72. The van der Waals surface area contributed by atoms with Crippen molar-refractivity contribution in [1.29, 1.82) is 0 Å². The molecule has 162 valence electrons. The normalized spacial score (nSPS) is 17.6. The molecule has 1 atom stereocenters. The molecule has 7 nitrogen and oxygen atoms in total. The van der Waals surface area contributed by atoms with E-state index in [9.17, 15) is 19.1 Å². The Kier molecular flexibility index (Phi) is 5.83. The van der Waals surface area contributed by atoms with E-state index in [0.29, 0.717) is 16.3 Å². The van der Waals surface area contributed by atoms with E-state index in [-0.39, 0.29) is 22.9 Å². The zero-order chi connectivity index (χ0) is 22.8. The number of rotatable bonds is 6. The van der Waals surface area contributed by atoms with Crippen molar-refractivity contribution in [2.45, 2.75) is 13.0 Å². The summed E-state index contributed by atoms with van der Waals surface area (Å²) in [6, 6.07) is 10.9. The van der Waals surface area contributed by atoms with Gasteiger partial charge in [-0.2, -0.15) is 0 Å². The zero-order valence-corrected chi connectivity index (χ0v) is 17.8. The SMILES string of the molecule is C=CCOc1cccc(C2C(=C(O)c3ccc(F)cc3)C(=O)C(=O)N2c2nnc(C)s2)c1. The van der Waals surface area contributed by atoms with E-state index < -0.39 is 29.3 Å². The van der Waals surface area contributed by atoms with Crippen LogP contribution in [0.4, 0.5) is 9.52 Å². The van der Waals surface area contributed by atoms with E-state index in [1.165, 1.54) is 17.0 Å². The van der Waals surface area contributed by atoms with Gasteiger partial charge in [0.2, 0.25) is 5.13 Å². The molecular weight excluding hydrogens is 433 g/mol. The number of hydrogen-bond donors (Lipinski definition) is 1. The topological polar surface area (TPSA) is 92.6 Å². The predicted molar refractivity (Wildman–Crippen MR) is 118 cm³/mol. The van der Waals surface area contributed by atoms with Crippen LogP contribution in [0.25, 0.3) is 5.76 Å². The number of hydrogen-bond acceptors (Lipinski definition) is 7. The molecule has 1 aliphatic rings. The molecule has 9 heteroatoms. The Bertz CT molecular complexity index is 1240. The molecule has 0 saturated carbocycles. The van der Waals surface area contributed by atoms with Gasteiger partial charge in [-0.1, -0.05) is 36.1 Å². The van der Waals surface area contributed by atoms with Crippen LogP contribution in [0.2, 0.25) is 0 Å². The van der Waals surface area contributed by atoms with Gasteiger partial charge in [-0.25, -0.2) is 4.39 Å². The molecular formula is C23H18FN3O4S. The van der Waals surface area contributed by atoms with E-state index in [2.05, 4.69) is 16.8 Å². The Hall–Kier alpha value is -3.85. The van der Waals surface area contributed by atoms with Gasteiger partial charge >= 0.3 is 5.91 Å². The zero-order valence-electron chi connectivity index (χ0n) is 17.0. The van der Waals surface area contributed by atoms with E-state index in [1.807, 2.05) is 0 Å². The molecule has 2 aromatic carbocycles. The van der Waals surface area contributed by atoms with Crippen molar-refractivity contribution in [3.8, 4) is 5.75 Å². The monoisotopic (exact) mass is 451 g/mol. The van der Waals surface area contributed by atoms with Crippen molar-refractivity contribution in [2.75, 3.05) is 11.5 Å². The second-order valence-corrected chi connectivity index (χ2v) is 8.11. The maximum absolute atomic E-state index is 13.4. The Balaban J connectivity index is 1.90. The number of halogens is 1. The number of anilines is 1. The number of ether oxygens (including phenoxy) is 1.